The summed E-state index contributed by atoms with van der Waals surface area (Å²) in [4.78, 5) is 73.2. The molecule has 0 rings (SSSR count). The molecule has 0 spiro atoms. The molecular weight excluding hydrogens is 1370 g/mol. The number of carbonyl (C=O) groups is 4. The third-order valence-corrected chi connectivity index (χ3v) is 22.0. The van der Waals surface area contributed by atoms with E-state index in [2.05, 4.69) is 48.5 Å². The number of hydrogen-bond donors (Lipinski definition) is 3. The standard InChI is InChI=1S/C86H168O17P2/c1-8-9-10-11-12-13-14-15-16-17-18-19-25-30-35-40-45-53-60-67-83(88)96-73-81(102-85(90)69-62-55-46-41-36-31-26-21-20-23-28-33-38-43-50-57-64-77(2)3)75-100-104(92,93)98-71-80(87)72-99-105(94,95)101-76-82(74-97-84(89)68-61-54-49-48-52-59-66-79(6)7)103-86(91)70-63-56-47-42-37-32-27-22-24-29-34-39-44-51-58-65-78(4)5/h77-82,87H,8-76H2,1-7H3,(H,92,93)(H,94,95)/t80-,81-,82-/m1/s1. The second-order valence-corrected chi connectivity index (χ2v) is 35.3. The molecule has 0 aliphatic heterocycles. The highest BCUT2D eigenvalue weighted by molar-refractivity contribution is 7.47. The Morgan fingerprint density at radius 3 is 0.648 bits per heavy atom. The van der Waals surface area contributed by atoms with E-state index >= 15 is 0 Å². The summed E-state index contributed by atoms with van der Waals surface area (Å²) in [7, 11) is -9.93. The van der Waals surface area contributed by atoms with Crippen molar-refractivity contribution in [1.82, 2.24) is 0 Å². The van der Waals surface area contributed by atoms with Gasteiger partial charge in [-0.2, -0.15) is 0 Å². The van der Waals surface area contributed by atoms with Gasteiger partial charge in [0.15, 0.2) is 12.2 Å². The zero-order valence-corrected chi connectivity index (χ0v) is 71.0. The van der Waals surface area contributed by atoms with Gasteiger partial charge in [-0.3, -0.25) is 37.3 Å². The van der Waals surface area contributed by atoms with Gasteiger partial charge in [-0.05, 0) is 43.4 Å². The Morgan fingerprint density at radius 1 is 0.257 bits per heavy atom. The van der Waals surface area contributed by atoms with Crippen LogP contribution in [0.5, 0.6) is 0 Å². The first-order valence-corrected chi connectivity index (χ1v) is 47.3. The minimum atomic E-state index is -4.97. The molecule has 17 nitrogen and oxygen atoms in total. The number of phosphoric acid groups is 2. The van der Waals surface area contributed by atoms with Gasteiger partial charge < -0.3 is 33.8 Å². The molecular formula is C86H168O17P2. The van der Waals surface area contributed by atoms with Crippen LogP contribution in [-0.2, 0) is 65.4 Å². The maximum absolute atomic E-state index is 13.1. The molecule has 105 heavy (non-hydrogen) atoms. The topological polar surface area (TPSA) is 237 Å². The monoisotopic (exact) mass is 1540 g/mol. The molecule has 0 aromatic heterocycles. The summed E-state index contributed by atoms with van der Waals surface area (Å²) in [5.74, 6) is 0.184. The van der Waals surface area contributed by atoms with E-state index in [-0.39, 0.29) is 25.7 Å². The zero-order valence-electron chi connectivity index (χ0n) is 69.2. The van der Waals surface area contributed by atoms with Crippen molar-refractivity contribution in [1.29, 1.82) is 0 Å². The fourth-order valence-corrected chi connectivity index (χ4v) is 14.9. The molecule has 0 aliphatic rings. The van der Waals surface area contributed by atoms with Crippen LogP contribution in [0.3, 0.4) is 0 Å². The first-order valence-electron chi connectivity index (χ1n) is 44.3. The van der Waals surface area contributed by atoms with E-state index in [1.54, 1.807) is 0 Å². The Labute approximate surface area is 645 Å². The van der Waals surface area contributed by atoms with Gasteiger partial charge in [-0.25, -0.2) is 9.13 Å². The van der Waals surface area contributed by atoms with Crippen molar-refractivity contribution in [2.75, 3.05) is 39.6 Å². The molecule has 3 N–H and O–H groups in total. The van der Waals surface area contributed by atoms with Crippen molar-refractivity contribution in [2.24, 2.45) is 17.8 Å². The highest BCUT2D eigenvalue weighted by atomic mass is 31.2. The van der Waals surface area contributed by atoms with Crippen LogP contribution in [0.2, 0.25) is 0 Å². The van der Waals surface area contributed by atoms with Gasteiger partial charge in [0.2, 0.25) is 0 Å². The number of unbranched alkanes of at least 4 members (excludes halogenated alkanes) is 52. The minimum absolute atomic E-state index is 0.107. The molecule has 0 aromatic carbocycles. The smallest absolute Gasteiger partial charge is 0.462 e. The van der Waals surface area contributed by atoms with Gasteiger partial charge in [0.05, 0.1) is 26.4 Å². The number of phosphoric ester groups is 2. The number of rotatable bonds is 84. The van der Waals surface area contributed by atoms with Gasteiger partial charge in [-0.15, -0.1) is 0 Å². The van der Waals surface area contributed by atoms with Gasteiger partial charge in [0.1, 0.15) is 19.3 Å². The summed E-state index contributed by atoms with van der Waals surface area (Å²) < 4.78 is 68.9. The van der Waals surface area contributed by atoms with Crippen LogP contribution in [0, 0.1) is 17.8 Å². The fourth-order valence-electron chi connectivity index (χ4n) is 13.4. The van der Waals surface area contributed by atoms with Crippen LogP contribution in [0.1, 0.15) is 453 Å². The molecule has 0 saturated heterocycles. The lowest BCUT2D eigenvalue weighted by atomic mass is 10.0. The lowest BCUT2D eigenvalue weighted by molar-refractivity contribution is -0.161. The average Bonchev–Trinajstić information content (AvgIpc) is 0.921. The number of aliphatic hydroxyl groups is 1. The first kappa shape index (κ1) is 103. The van der Waals surface area contributed by atoms with Crippen molar-refractivity contribution in [3.63, 3.8) is 0 Å². The van der Waals surface area contributed by atoms with E-state index in [0.29, 0.717) is 31.6 Å². The van der Waals surface area contributed by atoms with E-state index in [0.717, 1.165) is 108 Å². The van der Waals surface area contributed by atoms with Gasteiger partial charge in [0.25, 0.3) is 0 Å². The summed E-state index contributed by atoms with van der Waals surface area (Å²) in [6.45, 7) is 11.9. The highest BCUT2D eigenvalue weighted by Crippen LogP contribution is 2.45. The maximum Gasteiger partial charge on any atom is 0.472 e. The molecule has 19 heteroatoms. The number of ether oxygens (including phenoxy) is 4. The van der Waals surface area contributed by atoms with Crippen molar-refractivity contribution >= 4 is 39.5 Å². The van der Waals surface area contributed by atoms with E-state index in [9.17, 15) is 43.2 Å². The van der Waals surface area contributed by atoms with E-state index in [1.807, 2.05) is 0 Å². The summed E-state index contributed by atoms with van der Waals surface area (Å²) in [5, 5.41) is 10.7. The minimum Gasteiger partial charge on any atom is -0.462 e. The Morgan fingerprint density at radius 2 is 0.438 bits per heavy atom. The van der Waals surface area contributed by atoms with Crippen LogP contribution >= 0.6 is 15.6 Å². The second kappa shape index (κ2) is 76.1. The molecule has 0 fully saturated rings. The predicted octanol–water partition coefficient (Wildman–Crippen LogP) is 26.1. The number of carbonyl (C=O) groups excluding carboxylic acids is 4. The largest absolute Gasteiger partial charge is 0.472 e. The third kappa shape index (κ3) is 79.9. The molecule has 0 aromatic rings. The Balaban J connectivity index is 5.21. The number of esters is 4. The molecule has 0 saturated carbocycles. The maximum atomic E-state index is 13.1. The van der Waals surface area contributed by atoms with Crippen LogP contribution in [0.25, 0.3) is 0 Å². The normalized spacial score (nSPS) is 13.9. The summed E-state index contributed by atoms with van der Waals surface area (Å²) in [5.41, 5.74) is 0. The third-order valence-electron chi connectivity index (χ3n) is 20.1. The van der Waals surface area contributed by atoms with E-state index in [1.165, 1.54) is 257 Å². The molecule has 624 valence electrons. The average molecular weight is 1540 g/mol. The SMILES string of the molecule is CCCCCCCCCCCCCCCCCCCCCC(=O)OC[C@H](COP(=O)(O)OC[C@@H](O)COP(=O)(O)OC[C@@H](COC(=O)CCCCCCCCC(C)C)OC(=O)CCCCCCCCCCCCCCCCCC(C)C)OC(=O)CCCCCCCCCCCCCCCCCCC(C)C. The Kier molecular flexibility index (Phi) is 74.7. The fraction of sp³-hybridized carbons (Fsp3) is 0.953. The number of hydrogen-bond acceptors (Lipinski definition) is 15. The van der Waals surface area contributed by atoms with Crippen LogP contribution in [0.4, 0.5) is 0 Å². The van der Waals surface area contributed by atoms with Crippen molar-refractivity contribution < 1.29 is 80.2 Å². The molecule has 0 amide bonds. The summed E-state index contributed by atoms with van der Waals surface area (Å²) in [6, 6.07) is 0. The van der Waals surface area contributed by atoms with Crippen LogP contribution in [0.15, 0.2) is 0 Å². The van der Waals surface area contributed by atoms with Crippen molar-refractivity contribution in [3.05, 3.63) is 0 Å². The Bertz CT molecular complexity index is 2030. The molecule has 0 radical (unpaired) electrons. The molecule has 0 aliphatic carbocycles. The predicted molar refractivity (Wildman–Crippen MR) is 432 cm³/mol. The molecule has 2 unspecified atom stereocenters. The van der Waals surface area contributed by atoms with E-state index < -0.39 is 97.5 Å². The van der Waals surface area contributed by atoms with Gasteiger partial charge >= 0.3 is 39.5 Å². The van der Waals surface area contributed by atoms with Gasteiger partial charge in [0, 0.05) is 25.7 Å². The summed E-state index contributed by atoms with van der Waals surface area (Å²) in [6.07, 6.45) is 66.9. The van der Waals surface area contributed by atoms with Gasteiger partial charge in [-0.1, -0.05) is 402 Å². The first-order chi connectivity index (χ1) is 50.7. The summed E-state index contributed by atoms with van der Waals surface area (Å²) >= 11 is 0. The van der Waals surface area contributed by atoms with Crippen LogP contribution in [-0.4, -0.2) is 96.7 Å². The number of aliphatic hydroxyl groups excluding tert-OH is 1. The van der Waals surface area contributed by atoms with Crippen LogP contribution < -0.4 is 0 Å². The second-order valence-electron chi connectivity index (χ2n) is 32.4. The molecule has 5 atom stereocenters. The van der Waals surface area contributed by atoms with E-state index in [4.69, 9.17) is 37.0 Å². The highest BCUT2D eigenvalue weighted by Gasteiger charge is 2.30. The lowest BCUT2D eigenvalue weighted by Gasteiger charge is -2.21. The molecule has 0 bridgehead atoms. The van der Waals surface area contributed by atoms with Crippen molar-refractivity contribution in [2.45, 2.75) is 471 Å². The lowest BCUT2D eigenvalue weighted by Crippen LogP contribution is -2.30. The quantitative estimate of drug-likeness (QED) is 0.0222. The van der Waals surface area contributed by atoms with Crippen molar-refractivity contribution in [3.8, 4) is 0 Å². The zero-order chi connectivity index (χ0) is 77.2. The Hall–Kier alpha value is -1.94. The molecule has 0 heterocycles.